The maximum absolute atomic E-state index is 9.00. The molecule has 36 valence electrons. The van der Waals surface area contributed by atoms with Gasteiger partial charge in [0.05, 0.1) is 0 Å². The standard InChI is InChI=1S/C2H4O2.Ca.ClH.2H/c1-2(3)4;;;;/h1H3,(H,3,4);;1H;;/q;+2;;2*-1. The fourth-order valence-electron chi connectivity index (χ4n) is 0. The van der Waals surface area contributed by atoms with E-state index in [1.807, 2.05) is 0 Å². The van der Waals surface area contributed by atoms with E-state index in [0.717, 1.165) is 6.92 Å². The van der Waals surface area contributed by atoms with Crippen LogP contribution in [0.15, 0.2) is 0 Å². The van der Waals surface area contributed by atoms with Crippen LogP contribution >= 0.6 is 12.4 Å². The molecule has 0 aromatic heterocycles. The van der Waals surface area contributed by atoms with Crippen LogP contribution in [0.3, 0.4) is 0 Å². The molecule has 0 aromatic carbocycles. The van der Waals surface area contributed by atoms with Crippen LogP contribution < -0.4 is 0 Å². The third kappa shape index (κ3) is 78.0. The summed E-state index contributed by atoms with van der Waals surface area (Å²) in [4.78, 5) is 9.00. The first-order chi connectivity index (χ1) is 1.73. The van der Waals surface area contributed by atoms with E-state index >= 15 is 0 Å². The second-order valence-corrected chi connectivity index (χ2v) is 0.519. The Hall–Kier alpha value is 1.02. The van der Waals surface area contributed by atoms with Gasteiger partial charge in [0.15, 0.2) is 0 Å². The van der Waals surface area contributed by atoms with Gasteiger partial charge in [-0.25, -0.2) is 0 Å². The number of hydrogen-bond donors (Lipinski definition) is 1. The SMILES string of the molecule is CC(=O)O.Cl.[Ca+2].[H-].[H-]. The van der Waals surface area contributed by atoms with Gasteiger partial charge in [-0.05, 0) is 0 Å². The Morgan fingerprint density at radius 1 is 1.83 bits per heavy atom. The number of carbonyl (C=O) groups is 1. The Balaban J connectivity index is -0.00000000750. The molecular formula is C2H7CaClO2. The molecule has 0 aromatic rings. The molecule has 0 saturated carbocycles. The Labute approximate surface area is 75.3 Å². The summed E-state index contributed by atoms with van der Waals surface area (Å²) < 4.78 is 0. The van der Waals surface area contributed by atoms with Gasteiger partial charge in [0.2, 0.25) is 0 Å². The van der Waals surface area contributed by atoms with Gasteiger partial charge in [-0.3, -0.25) is 4.79 Å². The van der Waals surface area contributed by atoms with E-state index < -0.39 is 5.97 Å². The monoisotopic (exact) mass is 138 g/mol. The molecule has 0 spiro atoms. The summed E-state index contributed by atoms with van der Waals surface area (Å²) in [6.45, 7) is 1.08. The average Bonchev–Trinajstić information content (AvgIpc) is 0.811. The number of aliphatic carboxylic acids is 1. The summed E-state index contributed by atoms with van der Waals surface area (Å²) in [5.41, 5.74) is 0. The predicted octanol–water partition coefficient (Wildman–Crippen LogP) is 0.357. The van der Waals surface area contributed by atoms with E-state index in [1.165, 1.54) is 0 Å². The summed E-state index contributed by atoms with van der Waals surface area (Å²) in [7, 11) is 0. The Morgan fingerprint density at radius 3 is 1.83 bits per heavy atom. The fourth-order valence-corrected chi connectivity index (χ4v) is 0. The van der Waals surface area contributed by atoms with Crippen LogP contribution in [0.4, 0.5) is 0 Å². The molecule has 0 atom stereocenters. The Morgan fingerprint density at radius 2 is 1.83 bits per heavy atom. The molecule has 0 amide bonds. The molecule has 1 N–H and O–H groups in total. The van der Waals surface area contributed by atoms with Crippen molar-refractivity contribution in [2.75, 3.05) is 0 Å². The molecule has 4 heteroatoms. The number of halogens is 1. The van der Waals surface area contributed by atoms with Crippen LogP contribution in [0.25, 0.3) is 0 Å². The van der Waals surface area contributed by atoms with Gasteiger partial charge >= 0.3 is 37.7 Å². The van der Waals surface area contributed by atoms with Gasteiger partial charge in [-0.1, -0.05) is 0 Å². The van der Waals surface area contributed by atoms with E-state index in [0.29, 0.717) is 0 Å². The average molecular weight is 139 g/mol. The van der Waals surface area contributed by atoms with Crippen molar-refractivity contribution in [2.45, 2.75) is 6.92 Å². The van der Waals surface area contributed by atoms with E-state index in [2.05, 4.69) is 0 Å². The molecule has 6 heavy (non-hydrogen) atoms. The molecule has 2 nitrogen and oxygen atoms in total. The quantitative estimate of drug-likeness (QED) is 0.491. The third-order valence-electron chi connectivity index (χ3n) is 0. The molecular weight excluding hydrogens is 132 g/mol. The van der Waals surface area contributed by atoms with Crippen molar-refractivity contribution < 1.29 is 12.8 Å². The van der Waals surface area contributed by atoms with Gasteiger partial charge < -0.3 is 7.96 Å². The van der Waals surface area contributed by atoms with Crippen LogP contribution in [0.2, 0.25) is 0 Å². The van der Waals surface area contributed by atoms with Gasteiger partial charge in [0, 0.05) is 6.92 Å². The maximum atomic E-state index is 9.00. The molecule has 0 unspecified atom stereocenters. The van der Waals surface area contributed by atoms with Gasteiger partial charge in [0.1, 0.15) is 0 Å². The summed E-state index contributed by atoms with van der Waals surface area (Å²) in [5, 5.41) is 7.42. The predicted molar refractivity (Wildman–Crippen MR) is 28.5 cm³/mol. The van der Waals surface area contributed by atoms with E-state index in [9.17, 15) is 0 Å². The largest absolute Gasteiger partial charge is 2.00 e. The van der Waals surface area contributed by atoms with Crippen LogP contribution in [-0.4, -0.2) is 48.8 Å². The van der Waals surface area contributed by atoms with Crippen molar-refractivity contribution >= 4 is 56.1 Å². The first-order valence-corrected chi connectivity index (χ1v) is 0.928. The van der Waals surface area contributed by atoms with E-state index in [1.54, 1.807) is 0 Å². The zero-order chi connectivity index (χ0) is 3.58. The van der Waals surface area contributed by atoms with Crippen LogP contribution in [0.1, 0.15) is 9.78 Å². The maximum Gasteiger partial charge on any atom is 2.00 e. The van der Waals surface area contributed by atoms with E-state index in [-0.39, 0.29) is 53.0 Å². The second-order valence-electron chi connectivity index (χ2n) is 0.519. The molecule has 0 aliphatic rings. The summed E-state index contributed by atoms with van der Waals surface area (Å²) in [6, 6.07) is 0. The van der Waals surface area contributed by atoms with Crippen molar-refractivity contribution in [3.05, 3.63) is 0 Å². The molecule has 0 saturated heterocycles. The van der Waals surface area contributed by atoms with E-state index in [4.69, 9.17) is 9.90 Å². The zero-order valence-electron chi connectivity index (χ0n) is 5.47. The smallest absolute Gasteiger partial charge is 1.00 e. The number of hydrogen-bond acceptors (Lipinski definition) is 1. The minimum absolute atomic E-state index is 0. The number of rotatable bonds is 0. The van der Waals surface area contributed by atoms with Crippen molar-refractivity contribution in [3.8, 4) is 0 Å². The minimum atomic E-state index is -0.833. The van der Waals surface area contributed by atoms with Crippen molar-refractivity contribution in [1.82, 2.24) is 0 Å². The fraction of sp³-hybridized carbons (Fsp3) is 0.500. The third-order valence-corrected chi connectivity index (χ3v) is 0. The van der Waals surface area contributed by atoms with Gasteiger partial charge in [-0.15, -0.1) is 12.4 Å². The Kier molecular flexibility index (Phi) is 24.6. The summed E-state index contributed by atoms with van der Waals surface area (Å²) in [6.07, 6.45) is 0. The molecule has 0 heterocycles. The van der Waals surface area contributed by atoms with Crippen LogP contribution in [-0.2, 0) is 4.79 Å². The van der Waals surface area contributed by atoms with Crippen molar-refractivity contribution in [3.63, 3.8) is 0 Å². The topological polar surface area (TPSA) is 37.3 Å². The summed E-state index contributed by atoms with van der Waals surface area (Å²) >= 11 is 0. The minimum Gasteiger partial charge on any atom is -1.00 e. The normalized spacial score (nSPS) is 4.17. The van der Waals surface area contributed by atoms with Gasteiger partial charge in [0.25, 0.3) is 5.97 Å². The molecule has 0 bridgehead atoms. The molecule has 0 aliphatic heterocycles. The number of carboxylic acid groups (broad SMARTS) is 1. The van der Waals surface area contributed by atoms with Crippen molar-refractivity contribution in [2.24, 2.45) is 0 Å². The first kappa shape index (κ1) is 15.7. The van der Waals surface area contributed by atoms with Crippen LogP contribution in [0.5, 0.6) is 0 Å². The first-order valence-electron chi connectivity index (χ1n) is 0.928. The summed E-state index contributed by atoms with van der Waals surface area (Å²) in [5.74, 6) is -0.833. The molecule has 0 radical (unpaired) electrons. The van der Waals surface area contributed by atoms with Crippen LogP contribution in [0, 0.1) is 0 Å². The number of carboxylic acids is 1. The second kappa shape index (κ2) is 9.39. The zero-order valence-corrected chi connectivity index (χ0v) is 6.50. The Bertz CT molecular complexity index is 41.0. The molecule has 0 aliphatic carbocycles. The van der Waals surface area contributed by atoms with Gasteiger partial charge in [-0.2, -0.15) is 0 Å². The molecule has 0 rings (SSSR count). The molecule has 0 fully saturated rings. The van der Waals surface area contributed by atoms with Crippen molar-refractivity contribution in [1.29, 1.82) is 0 Å².